The number of benzene rings is 1. The Balaban J connectivity index is 1.93. The van der Waals surface area contributed by atoms with E-state index in [0.29, 0.717) is 6.54 Å². The van der Waals surface area contributed by atoms with Crippen molar-refractivity contribution in [3.05, 3.63) is 50.1 Å². The first kappa shape index (κ1) is 18.7. The highest BCUT2D eigenvalue weighted by atomic mass is 79.9. The molecule has 0 unspecified atom stereocenters. The van der Waals surface area contributed by atoms with Crippen LogP contribution >= 0.6 is 27.3 Å². The summed E-state index contributed by atoms with van der Waals surface area (Å²) in [7, 11) is 3.35. The van der Waals surface area contributed by atoms with Crippen LogP contribution in [0.5, 0.6) is 5.75 Å². The molecule has 128 valence electrons. The fourth-order valence-corrected chi connectivity index (χ4v) is 3.58. The zero-order chi connectivity index (χ0) is 17.7. The van der Waals surface area contributed by atoms with Gasteiger partial charge in [-0.05, 0) is 37.3 Å². The number of aryl methyl sites for hydroxylation is 1. The molecule has 24 heavy (non-hydrogen) atoms. The molecule has 0 spiro atoms. The Morgan fingerprint density at radius 3 is 2.58 bits per heavy atom. The van der Waals surface area contributed by atoms with Crippen molar-refractivity contribution in [1.82, 2.24) is 4.90 Å². The molecule has 0 N–H and O–H groups in total. The number of ether oxygens (including phenoxy) is 1. The van der Waals surface area contributed by atoms with Crippen LogP contribution in [0, 0.1) is 6.92 Å². The van der Waals surface area contributed by atoms with E-state index in [4.69, 9.17) is 4.74 Å². The van der Waals surface area contributed by atoms with Gasteiger partial charge in [-0.1, -0.05) is 15.9 Å². The summed E-state index contributed by atoms with van der Waals surface area (Å²) in [6.45, 7) is 2.40. The van der Waals surface area contributed by atoms with Crippen LogP contribution in [-0.2, 0) is 11.3 Å². The molecule has 0 saturated heterocycles. The van der Waals surface area contributed by atoms with Crippen LogP contribution in [0.2, 0.25) is 0 Å². The number of amides is 1. The van der Waals surface area contributed by atoms with Gasteiger partial charge < -0.3 is 9.64 Å². The van der Waals surface area contributed by atoms with E-state index in [1.807, 2.05) is 37.3 Å². The van der Waals surface area contributed by atoms with Crippen molar-refractivity contribution in [2.24, 2.45) is 0 Å². The number of thiophene rings is 1. The summed E-state index contributed by atoms with van der Waals surface area (Å²) < 4.78 is 6.26. The van der Waals surface area contributed by atoms with E-state index in [9.17, 15) is 9.59 Å². The zero-order valence-corrected chi connectivity index (χ0v) is 16.4. The van der Waals surface area contributed by atoms with Crippen molar-refractivity contribution in [3.8, 4) is 5.75 Å². The molecule has 2 rings (SSSR count). The smallest absolute Gasteiger partial charge is 0.223 e. The average molecular weight is 410 g/mol. The summed E-state index contributed by atoms with van der Waals surface area (Å²) in [5, 5.41) is 0. The van der Waals surface area contributed by atoms with E-state index in [1.54, 1.807) is 19.1 Å². The number of carbonyl (C=O) groups is 2. The van der Waals surface area contributed by atoms with Crippen molar-refractivity contribution in [2.45, 2.75) is 26.3 Å². The molecule has 0 aliphatic rings. The number of methoxy groups -OCH3 is 1. The first-order chi connectivity index (χ1) is 11.4. The van der Waals surface area contributed by atoms with Crippen molar-refractivity contribution in [1.29, 1.82) is 0 Å². The Morgan fingerprint density at radius 1 is 1.21 bits per heavy atom. The van der Waals surface area contributed by atoms with Gasteiger partial charge in [0, 0.05) is 41.3 Å². The van der Waals surface area contributed by atoms with Crippen molar-refractivity contribution in [2.75, 3.05) is 14.2 Å². The second kappa shape index (κ2) is 8.44. The van der Waals surface area contributed by atoms with Gasteiger partial charge in [-0.25, -0.2) is 0 Å². The van der Waals surface area contributed by atoms with Crippen LogP contribution < -0.4 is 4.74 Å². The molecule has 0 atom stereocenters. The third-order valence-electron chi connectivity index (χ3n) is 3.66. The number of hydrogen-bond donors (Lipinski definition) is 0. The number of halogens is 1. The normalized spacial score (nSPS) is 10.5. The zero-order valence-electron chi connectivity index (χ0n) is 14.0. The monoisotopic (exact) mass is 409 g/mol. The molecule has 4 nitrogen and oxygen atoms in total. The van der Waals surface area contributed by atoms with Crippen LogP contribution in [0.4, 0.5) is 0 Å². The molecule has 0 fully saturated rings. The molecule has 0 bridgehead atoms. The fourth-order valence-electron chi connectivity index (χ4n) is 2.33. The van der Waals surface area contributed by atoms with Gasteiger partial charge in [0.25, 0.3) is 0 Å². The van der Waals surface area contributed by atoms with E-state index in [-0.39, 0.29) is 24.5 Å². The van der Waals surface area contributed by atoms with Gasteiger partial charge in [-0.2, -0.15) is 0 Å². The summed E-state index contributed by atoms with van der Waals surface area (Å²) in [5.41, 5.74) is 0.919. The van der Waals surface area contributed by atoms with Crippen LogP contribution in [0.3, 0.4) is 0 Å². The highest BCUT2D eigenvalue weighted by molar-refractivity contribution is 9.10. The number of ketones is 1. The minimum atomic E-state index is -0.0568. The standard InChI is InChI=1S/C18H20BrNO3S/c1-12-4-8-17(24-12)15(21)6-9-18(22)20(2)11-13-10-14(19)5-7-16(13)23-3/h4-5,7-8,10H,6,9,11H2,1-3H3. The van der Waals surface area contributed by atoms with Gasteiger partial charge in [0.05, 0.1) is 12.0 Å². The third-order valence-corrected chi connectivity index (χ3v) is 5.19. The SMILES string of the molecule is COc1ccc(Br)cc1CN(C)C(=O)CCC(=O)c1ccc(C)s1. The maximum atomic E-state index is 12.3. The van der Waals surface area contributed by atoms with Crippen LogP contribution in [0.15, 0.2) is 34.8 Å². The number of Topliss-reactive ketones (excluding diaryl/α,β-unsaturated/α-hetero) is 1. The summed E-state index contributed by atoms with van der Waals surface area (Å²) in [5.74, 6) is 0.705. The Hall–Kier alpha value is -1.66. The lowest BCUT2D eigenvalue weighted by Gasteiger charge is -2.19. The molecule has 1 heterocycles. The number of hydrogen-bond acceptors (Lipinski definition) is 4. The molecule has 0 saturated carbocycles. The van der Waals surface area contributed by atoms with Gasteiger partial charge in [-0.15, -0.1) is 11.3 Å². The van der Waals surface area contributed by atoms with Crippen molar-refractivity contribution in [3.63, 3.8) is 0 Å². The van der Waals surface area contributed by atoms with Crippen molar-refractivity contribution >= 4 is 39.0 Å². The highest BCUT2D eigenvalue weighted by Crippen LogP contribution is 2.24. The quantitative estimate of drug-likeness (QED) is 0.634. The molecule has 2 aromatic rings. The number of rotatable bonds is 7. The first-order valence-electron chi connectivity index (χ1n) is 7.56. The molecule has 1 aromatic heterocycles. The molecule has 0 radical (unpaired) electrons. The van der Waals surface area contributed by atoms with Gasteiger partial charge in [0.2, 0.25) is 5.91 Å². The highest BCUT2D eigenvalue weighted by Gasteiger charge is 2.15. The Morgan fingerprint density at radius 2 is 1.96 bits per heavy atom. The fraction of sp³-hybridized carbons (Fsp3) is 0.333. The summed E-state index contributed by atoms with van der Waals surface area (Å²) in [4.78, 5) is 27.8. The third kappa shape index (κ3) is 4.92. The topological polar surface area (TPSA) is 46.6 Å². The molecular weight excluding hydrogens is 390 g/mol. The summed E-state index contributed by atoms with van der Waals surface area (Å²) in [6.07, 6.45) is 0.446. The second-order valence-corrected chi connectivity index (χ2v) is 7.74. The maximum absolute atomic E-state index is 12.3. The van der Waals surface area contributed by atoms with Gasteiger partial charge >= 0.3 is 0 Å². The van der Waals surface area contributed by atoms with Gasteiger partial charge in [0.15, 0.2) is 5.78 Å². The van der Waals surface area contributed by atoms with Crippen molar-refractivity contribution < 1.29 is 14.3 Å². The molecular formula is C18H20BrNO3S. The van der Waals surface area contributed by atoms with E-state index in [1.165, 1.54) is 11.3 Å². The second-order valence-electron chi connectivity index (χ2n) is 5.54. The first-order valence-corrected chi connectivity index (χ1v) is 9.17. The molecule has 0 aliphatic carbocycles. The number of carbonyl (C=O) groups excluding carboxylic acids is 2. The van der Waals surface area contributed by atoms with Gasteiger partial charge in [-0.3, -0.25) is 9.59 Å². The molecule has 6 heteroatoms. The predicted molar refractivity (Wildman–Crippen MR) is 99.8 cm³/mol. The predicted octanol–water partition coefficient (Wildman–Crippen LogP) is 4.45. The lowest BCUT2D eigenvalue weighted by Crippen LogP contribution is -2.26. The molecule has 0 aliphatic heterocycles. The van der Waals surface area contributed by atoms with E-state index in [2.05, 4.69) is 15.9 Å². The van der Waals surface area contributed by atoms with Gasteiger partial charge in [0.1, 0.15) is 5.75 Å². The van der Waals surface area contributed by atoms with E-state index >= 15 is 0 Å². The minimum absolute atomic E-state index is 0.0230. The number of nitrogens with zero attached hydrogens (tertiary/aromatic N) is 1. The Bertz CT molecular complexity index is 742. The van der Waals surface area contributed by atoms with Crippen LogP contribution in [0.25, 0.3) is 0 Å². The lowest BCUT2D eigenvalue weighted by atomic mass is 10.1. The van der Waals surface area contributed by atoms with E-state index < -0.39 is 0 Å². The Kier molecular flexibility index (Phi) is 6.57. The molecule has 1 aromatic carbocycles. The van der Waals surface area contributed by atoms with E-state index in [0.717, 1.165) is 25.5 Å². The lowest BCUT2D eigenvalue weighted by molar-refractivity contribution is -0.130. The van der Waals surface area contributed by atoms with Crippen LogP contribution in [0.1, 0.15) is 33.0 Å². The Labute approximate surface area is 154 Å². The summed E-state index contributed by atoms with van der Waals surface area (Å²) >= 11 is 4.90. The molecule has 1 amide bonds. The van der Waals surface area contributed by atoms with Crippen LogP contribution in [-0.4, -0.2) is 30.7 Å². The minimum Gasteiger partial charge on any atom is -0.496 e. The summed E-state index contributed by atoms with van der Waals surface area (Å²) in [6, 6.07) is 9.43. The average Bonchev–Trinajstić information content (AvgIpc) is 2.99. The largest absolute Gasteiger partial charge is 0.496 e. The maximum Gasteiger partial charge on any atom is 0.223 e.